The molecule has 5 nitrogen and oxygen atoms in total. The summed E-state index contributed by atoms with van der Waals surface area (Å²) in [6.07, 6.45) is 5.66. The Morgan fingerprint density at radius 1 is 1.22 bits per heavy atom. The molecule has 0 aromatic carbocycles. The number of aromatic nitrogens is 3. The van der Waals surface area contributed by atoms with Crippen molar-refractivity contribution < 1.29 is 4.74 Å². The molecule has 1 heterocycles. The minimum atomic E-state index is 0.151. The van der Waals surface area contributed by atoms with Crippen molar-refractivity contribution in [3.05, 3.63) is 5.28 Å². The molecule has 0 amide bonds. The fourth-order valence-electron chi connectivity index (χ4n) is 1.35. The molecule has 0 fully saturated rings. The van der Waals surface area contributed by atoms with Gasteiger partial charge in [-0.05, 0) is 43.4 Å². The van der Waals surface area contributed by atoms with Crippen molar-refractivity contribution in [2.24, 2.45) is 0 Å². The van der Waals surface area contributed by atoms with Gasteiger partial charge in [-0.25, -0.2) is 0 Å². The smallest absolute Gasteiger partial charge is 0.322 e. The zero-order valence-electron chi connectivity index (χ0n) is 10.8. The topological polar surface area (TPSA) is 59.9 Å². The lowest BCUT2D eigenvalue weighted by Crippen LogP contribution is -2.08. The van der Waals surface area contributed by atoms with Crippen molar-refractivity contribution in [3.8, 4) is 6.01 Å². The number of unbranched alkanes of at least 4 members (excludes halogenated alkanes) is 2. The van der Waals surface area contributed by atoms with Crippen molar-refractivity contribution in [2.75, 3.05) is 30.5 Å². The Kier molecular flexibility index (Phi) is 7.84. The summed E-state index contributed by atoms with van der Waals surface area (Å²) >= 11 is 7.66. The summed E-state index contributed by atoms with van der Waals surface area (Å²) in [5.74, 6) is 1.69. The molecule has 0 aliphatic carbocycles. The second-order valence-corrected chi connectivity index (χ2v) is 4.95. The normalized spacial score (nSPS) is 10.4. The zero-order chi connectivity index (χ0) is 13.2. The molecule has 102 valence electrons. The number of nitrogens with one attached hydrogen (secondary N) is 1. The van der Waals surface area contributed by atoms with Crippen LogP contribution in [0.1, 0.15) is 26.2 Å². The van der Waals surface area contributed by atoms with Crippen molar-refractivity contribution >= 4 is 29.3 Å². The van der Waals surface area contributed by atoms with Crippen LogP contribution in [-0.4, -0.2) is 40.1 Å². The molecule has 18 heavy (non-hydrogen) atoms. The Morgan fingerprint density at radius 3 is 2.78 bits per heavy atom. The Labute approximate surface area is 117 Å². The number of rotatable bonds is 9. The van der Waals surface area contributed by atoms with Crippen LogP contribution in [0.3, 0.4) is 0 Å². The number of anilines is 1. The molecule has 0 unspecified atom stereocenters. The van der Waals surface area contributed by atoms with E-state index in [4.69, 9.17) is 16.3 Å². The molecule has 1 rings (SSSR count). The summed E-state index contributed by atoms with van der Waals surface area (Å²) in [6, 6.07) is 0.266. The van der Waals surface area contributed by atoms with Crippen LogP contribution in [-0.2, 0) is 0 Å². The Morgan fingerprint density at radius 2 is 2.06 bits per heavy atom. The van der Waals surface area contributed by atoms with Gasteiger partial charge in [0.2, 0.25) is 11.2 Å². The van der Waals surface area contributed by atoms with E-state index in [0.29, 0.717) is 12.6 Å². The predicted molar refractivity (Wildman–Crippen MR) is 76.7 cm³/mol. The molecule has 1 N–H and O–H groups in total. The third-order valence-corrected chi connectivity index (χ3v) is 3.04. The van der Waals surface area contributed by atoms with E-state index in [1.54, 1.807) is 0 Å². The lowest BCUT2D eigenvalue weighted by Gasteiger charge is -2.06. The number of halogens is 1. The molecular formula is C11H19ClN4OS. The summed E-state index contributed by atoms with van der Waals surface area (Å²) < 4.78 is 5.20. The van der Waals surface area contributed by atoms with Crippen LogP contribution in [0.25, 0.3) is 0 Å². The second kappa shape index (κ2) is 9.22. The van der Waals surface area contributed by atoms with Gasteiger partial charge in [-0.2, -0.15) is 26.7 Å². The van der Waals surface area contributed by atoms with Crippen LogP contribution >= 0.6 is 23.4 Å². The third kappa shape index (κ3) is 6.26. The molecule has 0 radical (unpaired) electrons. The number of hydrogen-bond donors (Lipinski definition) is 1. The molecule has 1 aromatic rings. The van der Waals surface area contributed by atoms with Gasteiger partial charge in [0.1, 0.15) is 0 Å². The highest BCUT2D eigenvalue weighted by molar-refractivity contribution is 7.98. The summed E-state index contributed by atoms with van der Waals surface area (Å²) in [4.78, 5) is 12.0. The van der Waals surface area contributed by atoms with Gasteiger partial charge in [0, 0.05) is 6.54 Å². The zero-order valence-corrected chi connectivity index (χ0v) is 12.4. The van der Waals surface area contributed by atoms with Gasteiger partial charge < -0.3 is 10.1 Å². The van der Waals surface area contributed by atoms with E-state index in [-0.39, 0.29) is 11.3 Å². The summed E-state index contributed by atoms with van der Waals surface area (Å²) in [6.45, 7) is 3.21. The number of thioether (sulfide) groups is 1. The van der Waals surface area contributed by atoms with Gasteiger partial charge in [-0.1, -0.05) is 6.42 Å². The SMILES string of the molecule is CCOc1nc(Cl)nc(NCCCCCSC)n1. The average Bonchev–Trinajstić information content (AvgIpc) is 2.33. The van der Waals surface area contributed by atoms with Gasteiger partial charge in [0.25, 0.3) is 0 Å². The molecule has 1 aromatic heterocycles. The van der Waals surface area contributed by atoms with Crippen molar-refractivity contribution in [3.63, 3.8) is 0 Å². The highest BCUT2D eigenvalue weighted by atomic mass is 35.5. The molecule has 0 spiro atoms. The minimum Gasteiger partial charge on any atom is -0.464 e. The summed E-state index contributed by atoms with van der Waals surface area (Å²) in [5.41, 5.74) is 0. The van der Waals surface area contributed by atoms with Crippen LogP contribution in [0.4, 0.5) is 5.95 Å². The number of nitrogens with zero attached hydrogens (tertiary/aromatic N) is 3. The quantitative estimate of drug-likeness (QED) is 0.706. The average molecular weight is 291 g/mol. The first kappa shape index (κ1) is 15.3. The second-order valence-electron chi connectivity index (χ2n) is 3.62. The lowest BCUT2D eigenvalue weighted by molar-refractivity contribution is 0.312. The van der Waals surface area contributed by atoms with Crippen LogP contribution in [0, 0.1) is 0 Å². The molecule has 0 atom stereocenters. The largest absolute Gasteiger partial charge is 0.464 e. The minimum absolute atomic E-state index is 0.151. The van der Waals surface area contributed by atoms with Crippen molar-refractivity contribution in [1.82, 2.24) is 15.0 Å². The van der Waals surface area contributed by atoms with E-state index in [1.165, 1.54) is 18.6 Å². The summed E-state index contributed by atoms with van der Waals surface area (Å²) in [7, 11) is 0. The van der Waals surface area contributed by atoms with Crippen LogP contribution in [0.15, 0.2) is 0 Å². The van der Waals surface area contributed by atoms with Crippen molar-refractivity contribution in [1.29, 1.82) is 0 Å². The van der Waals surface area contributed by atoms with Gasteiger partial charge >= 0.3 is 6.01 Å². The Hall–Kier alpha value is -0.750. The molecule has 0 saturated heterocycles. The molecule has 0 aliphatic heterocycles. The first-order chi connectivity index (χ1) is 8.76. The monoisotopic (exact) mass is 290 g/mol. The number of ether oxygens (including phenoxy) is 1. The van der Waals surface area contributed by atoms with Gasteiger partial charge in [0.05, 0.1) is 6.61 Å². The highest BCUT2D eigenvalue weighted by Crippen LogP contribution is 2.11. The first-order valence-corrected chi connectivity index (χ1v) is 7.80. The van der Waals surface area contributed by atoms with E-state index in [1.807, 2.05) is 18.7 Å². The third-order valence-electron chi connectivity index (χ3n) is 2.17. The Balaban J connectivity index is 2.32. The first-order valence-electron chi connectivity index (χ1n) is 6.03. The van der Waals surface area contributed by atoms with Crippen LogP contribution < -0.4 is 10.1 Å². The molecule has 0 aliphatic rings. The van der Waals surface area contributed by atoms with Crippen molar-refractivity contribution in [2.45, 2.75) is 26.2 Å². The van der Waals surface area contributed by atoms with E-state index >= 15 is 0 Å². The Bertz CT molecular complexity index is 354. The van der Waals surface area contributed by atoms with Crippen LogP contribution in [0.2, 0.25) is 5.28 Å². The fourth-order valence-corrected chi connectivity index (χ4v) is 2.00. The van der Waals surface area contributed by atoms with Gasteiger partial charge in [0.15, 0.2) is 0 Å². The maximum atomic E-state index is 5.78. The summed E-state index contributed by atoms with van der Waals surface area (Å²) in [5, 5.41) is 3.28. The lowest BCUT2D eigenvalue weighted by atomic mass is 10.2. The molecular weight excluding hydrogens is 272 g/mol. The van der Waals surface area contributed by atoms with E-state index in [9.17, 15) is 0 Å². The van der Waals surface area contributed by atoms with E-state index in [2.05, 4.69) is 26.5 Å². The standard InChI is InChI=1S/C11H19ClN4OS/c1-3-17-11-15-9(12)14-10(16-11)13-7-5-4-6-8-18-2/h3-8H2,1-2H3,(H,13,14,15,16). The molecule has 0 saturated carbocycles. The fraction of sp³-hybridized carbons (Fsp3) is 0.727. The number of hydrogen-bond acceptors (Lipinski definition) is 6. The van der Waals surface area contributed by atoms with E-state index < -0.39 is 0 Å². The predicted octanol–water partition coefficient (Wildman–Crippen LogP) is 2.87. The maximum Gasteiger partial charge on any atom is 0.322 e. The molecule has 7 heteroatoms. The van der Waals surface area contributed by atoms with E-state index in [0.717, 1.165) is 13.0 Å². The van der Waals surface area contributed by atoms with Gasteiger partial charge in [-0.15, -0.1) is 0 Å². The van der Waals surface area contributed by atoms with Gasteiger partial charge in [-0.3, -0.25) is 0 Å². The molecule has 0 bridgehead atoms. The maximum absolute atomic E-state index is 5.78. The highest BCUT2D eigenvalue weighted by Gasteiger charge is 2.04. The van der Waals surface area contributed by atoms with Crippen LogP contribution in [0.5, 0.6) is 6.01 Å².